The number of benzene rings is 2. The molecule has 37 heavy (non-hydrogen) atoms. The Morgan fingerprint density at radius 2 is 2.00 bits per heavy atom. The van der Waals surface area contributed by atoms with Gasteiger partial charge in [-0.15, -0.1) is 10.2 Å². The second kappa shape index (κ2) is 11.0. The lowest BCUT2D eigenvalue weighted by Gasteiger charge is -2.27. The van der Waals surface area contributed by atoms with E-state index < -0.39 is 27.7 Å². The van der Waals surface area contributed by atoms with Crippen LogP contribution < -0.4 is 9.46 Å². The molecule has 2 aromatic carbocycles. The topological polar surface area (TPSA) is 125 Å². The molecule has 1 heterocycles. The van der Waals surface area contributed by atoms with Gasteiger partial charge in [0.25, 0.3) is 0 Å². The molecule has 3 aromatic rings. The lowest BCUT2D eigenvalue weighted by atomic mass is 9.85. The van der Waals surface area contributed by atoms with Crippen LogP contribution >= 0.6 is 11.3 Å². The third-order valence-electron chi connectivity index (χ3n) is 6.01. The van der Waals surface area contributed by atoms with Crippen LogP contribution in [0, 0.1) is 11.3 Å². The van der Waals surface area contributed by atoms with Crippen LogP contribution in [0.5, 0.6) is 5.75 Å². The summed E-state index contributed by atoms with van der Waals surface area (Å²) < 4.78 is 33.8. The van der Waals surface area contributed by atoms with E-state index in [1.807, 2.05) is 38.1 Å². The van der Waals surface area contributed by atoms with Gasteiger partial charge in [0.05, 0.1) is 11.7 Å². The minimum atomic E-state index is -3.80. The van der Waals surface area contributed by atoms with E-state index in [9.17, 15) is 18.5 Å². The van der Waals surface area contributed by atoms with Crippen molar-refractivity contribution in [3.8, 4) is 33.0 Å². The molecule has 1 aliphatic rings. The molecule has 0 aliphatic heterocycles. The number of carbonyl (C=O) groups excluding carboxylic acids is 1. The minimum Gasteiger partial charge on any atom is -0.490 e. The zero-order valence-electron chi connectivity index (χ0n) is 21.2. The van der Waals surface area contributed by atoms with Crippen molar-refractivity contribution in [2.75, 3.05) is 19.8 Å². The summed E-state index contributed by atoms with van der Waals surface area (Å²) >= 11 is 1.42. The van der Waals surface area contributed by atoms with E-state index in [1.165, 1.54) is 30.3 Å². The second-order valence-electron chi connectivity index (χ2n) is 9.38. The third-order valence-corrected chi connectivity index (χ3v) is 8.28. The Labute approximate surface area is 221 Å². The maximum absolute atomic E-state index is 12.7. The molecule has 194 valence electrons. The molecule has 0 saturated heterocycles. The lowest BCUT2D eigenvalue weighted by molar-refractivity contribution is -0.125. The molecular weight excluding hydrogens is 510 g/mol. The van der Waals surface area contributed by atoms with Crippen LogP contribution in [-0.4, -0.2) is 55.4 Å². The first-order valence-electron chi connectivity index (χ1n) is 11.9. The van der Waals surface area contributed by atoms with Crippen molar-refractivity contribution < 1.29 is 17.9 Å². The van der Waals surface area contributed by atoms with Crippen molar-refractivity contribution in [1.29, 1.82) is 5.26 Å². The molecule has 1 atom stereocenters. The predicted molar refractivity (Wildman–Crippen MR) is 143 cm³/mol. The van der Waals surface area contributed by atoms with Crippen LogP contribution in [0.3, 0.4) is 0 Å². The molecule has 0 bridgehead atoms. The number of ether oxygens (including phenoxy) is 1. The highest BCUT2D eigenvalue weighted by molar-refractivity contribution is 7.90. The molecule has 1 aromatic heterocycles. The third kappa shape index (κ3) is 6.15. The zero-order valence-corrected chi connectivity index (χ0v) is 22.8. The van der Waals surface area contributed by atoms with E-state index in [0.717, 1.165) is 40.1 Å². The largest absolute Gasteiger partial charge is 0.490 e. The van der Waals surface area contributed by atoms with E-state index in [4.69, 9.17) is 4.74 Å². The fourth-order valence-electron chi connectivity index (χ4n) is 4.28. The number of aromatic nitrogens is 2. The van der Waals surface area contributed by atoms with E-state index in [-0.39, 0.29) is 6.10 Å². The van der Waals surface area contributed by atoms with E-state index in [1.54, 1.807) is 12.1 Å². The Bertz CT molecular complexity index is 1460. The zero-order chi connectivity index (χ0) is 26.7. The quantitative estimate of drug-likeness (QED) is 0.460. The summed E-state index contributed by atoms with van der Waals surface area (Å²) in [5.74, 6) is -0.525. The number of amides is 1. The number of hydrogen-bond acceptors (Lipinski definition) is 8. The smallest absolute Gasteiger partial charge is 0.238 e. The maximum Gasteiger partial charge on any atom is 0.238 e. The minimum absolute atomic E-state index is 0.0443. The standard InChI is InChI=1S/C26H29N5O4S2/c1-16(2)35-23-12-11-17(13-18(23)14-27)25-28-29-26(36-25)21-9-5-8-20-19(21)7-6-10-22(20)30-37(33,34)15-24(32)31(3)4/h5,8-9,11-13,16,22,30H,6-7,10,15H2,1-4H3. The SMILES string of the molecule is CC(C)Oc1ccc(-c2nnc(-c3cccc4c3CCCC4NS(=O)(=O)CC(=O)N(C)C)s2)cc1C#N. The van der Waals surface area contributed by atoms with Crippen LogP contribution in [0.4, 0.5) is 0 Å². The molecule has 0 saturated carbocycles. The Morgan fingerprint density at radius 1 is 1.24 bits per heavy atom. The molecule has 0 radical (unpaired) electrons. The van der Waals surface area contributed by atoms with Gasteiger partial charge in [0, 0.05) is 31.3 Å². The highest BCUT2D eigenvalue weighted by Gasteiger charge is 2.28. The van der Waals surface area contributed by atoms with Gasteiger partial charge in [-0.3, -0.25) is 4.79 Å². The van der Waals surface area contributed by atoms with Crippen molar-refractivity contribution in [1.82, 2.24) is 19.8 Å². The predicted octanol–water partition coefficient (Wildman–Crippen LogP) is 3.92. The average Bonchev–Trinajstić information content (AvgIpc) is 3.33. The Kier molecular flexibility index (Phi) is 7.92. The fraction of sp³-hybridized carbons (Fsp3) is 0.385. The number of sulfonamides is 1. The summed E-state index contributed by atoms with van der Waals surface area (Å²) in [6.07, 6.45) is 2.19. The summed E-state index contributed by atoms with van der Waals surface area (Å²) in [5, 5.41) is 19.8. The number of rotatable bonds is 8. The van der Waals surface area contributed by atoms with Crippen molar-refractivity contribution >= 4 is 27.3 Å². The Balaban J connectivity index is 1.62. The number of fused-ring (bicyclic) bond motifs is 1. The highest BCUT2D eigenvalue weighted by Crippen LogP contribution is 2.39. The number of hydrogen-bond donors (Lipinski definition) is 1. The van der Waals surface area contributed by atoms with Gasteiger partial charge in [0.15, 0.2) is 0 Å². The maximum atomic E-state index is 12.7. The molecule has 1 unspecified atom stereocenters. The van der Waals surface area contributed by atoms with Gasteiger partial charge < -0.3 is 9.64 Å². The first-order valence-corrected chi connectivity index (χ1v) is 14.4. The van der Waals surface area contributed by atoms with E-state index >= 15 is 0 Å². The van der Waals surface area contributed by atoms with Gasteiger partial charge in [0.1, 0.15) is 27.6 Å². The van der Waals surface area contributed by atoms with Gasteiger partial charge in [-0.25, -0.2) is 13.1 Å². The first kappa shape index (κ1) is 26.7. The van der Waals surface area contributed by atoms with Gasteiger partial charge in [-0.05, 0) is 62.4 Å². The van der Waals surface area contributed by atoms with Crippen molar-refractivity contribution in [3.05, 3.63) is 53.1 Å². The lowest BCUT2D eigenvalue weighted by Crippen LogP contribution is -2.38. The van der Waals surface area contributed by atoms with Crippen LogP contribution in [0.2, 0.25) is 0 Å². The molecular formula is C26H29N5O4S2. The molecule has 11 heteroatoms. The van der Waals surface area contributed by atoms with Crippen LogP contribution in [0.25, 0.3) is 21.1 Å². The molecule has 1 N–H and O–H groups in total. The summed E-state index contributed by atoms with van der Waals surface area (Å²) in [7, 11) is -0.733. The Hall–Kier alpha value is -3.33. The fourth-order valence-corrected chi connectivity index (χ4v) is 6.51. The normalized spacial score (nSPS) is 15.2. The first-order chi connectivity index (χ1) is 17.6. The summed E-state index contributed by atoms with van der Waals surface area (Å²) in [6.45, 7) is 3.82. The summed E-state index contributed by atoms with van der Waals surface area (Å²) in [6, 6.07) is 12.9. The van der Waals surface area contributed by atoms with Gasteiger partial charge in [-0.2, -0.15) is 5.26 Å². The van der Waals surface area contributed by atoms with Crippen LogP contribution in [0.15, 0.2) is 36.4 Å². The van der Waals surface area contributed by atoms with Crippen LogP contribution in [0.1, 0.15) is 49.4 Å². The van der Waals surface area contributed by atoms with E-state index in [2.05, 4.69) is 21.0 Å². The number of nitriles is 1. The monoisotopic (exact) mass is 539 g/mol. The van der Waals surface area contributed by atoms with Gasteiger partial charge in [0.2, 0.25) is 15.9 Å². The summed E-state index contributed by atoms with van der Waals surface area (Å²) in [4.78, 5) is 13.2. The second-order valence-corrected chi connectivity index (χ2v) is 12.1. The van der Waals surface area contributed by atoms with Crippen molar-refractivity contribution in [2.45, 2.75) is 45.3 Å². The van der Waals surface area contributed by atoms with Gasteiger partial charge >= 0.3 is 0 Å². The molecule has 0 spiro atoms. The average molecular weight is 540 g/mol. The highest BCUT2D eigenvalue weighted by atomic mass is 32.2. The number of nitrogens with one attached hydrogen (secondary N) is 1. The number of carbonyl (C=O) groups is 1. The molecule has 9 nitrogen and oxygen atoms in total. The van der Waals surface area contributed by atoms with E-state index in [0.29, 0.717) is 22.7 Å². The molecule has 0 fully saturated rings. The summed E-state index contributed by atoms with van der Waals surface area (Å²) in [5.41, 5.74) is 4.04. The van der Waals surface area contributed by atoms with Crippen LogP contribution in [-0.2, 0) is 21.2 Å². The Morgan fingerprint density at radius 3 is 2.70 bits per heavy atom. The van der Waals surface area contributed by atoms with Gasteiger partial charge in [-0.1, -0.05) is 29.5 Å². The molecule has 1 aliphatic carbocycles. The molecule has 4 rings (SSSR count). The number of nitrogens with zero attached hydrogens (tertiary/aromatic N) is 4. The van der Waals surface area contributed by atoms with Crippen molar-refractivity contribution in [2.24, 2.45) is 0 Å². The van der Waals surface area contributed by atoms with Crippen molar-refractivity contribution in [3.63, 3.8) is 0 Å². The molecule has 1 amide bonds.